The summed E-state index contributed by atoms with van der Waals surface area (Å²) in [6, 6.07) is 0. The molecular formula is C16H38NO4S+. The van der Waals surface area contributed by atoms with Gasteiger partial charge in [-0.2, -0.15) is 8.42 Å². The summed E-state index contributed by atoms with van der Waals surface area (Å²) in [5.74, 6) is 0. The quantitative estimate of drug-likeness (QED) is 0.331. The van der Waals surface area contributed by atoms with Crippen LogP contribution in [0.1, 0.15) is 71.1 Å². The Balaban J connectivity index is 0. The zero-order valence-corrected chi connectivity index (χ0v) is 16.1. The van der Waals surface area contributed by atoms with E-state index in [0.717, 1.165) is 11.6 Å². The van der Waals surface area contributed by atoms with Gasteiger partial charge in [0.05, 0.1) is 34.8 Å². The Morgan fingerprint density at radius 2 is 1.14 bits per heavy atom. The van der Waals surface area contributed by atoms with Gasteiger partial charge in [0.1, 0.15) is 0 Å². The van der Waals surface area contributed by atoms with Gasteiger partial charge in [-0.25, -0.2) is 0 Å². The Bertz CT molecular complexity index is 324. The van der Waals surface area contributed by atoms with E-state index in [4.69, 9.17) is 4.55 Å². The second kappa shape index (κ2) is 14.4. The van der Waals surface area contributed by atoms with Gasteiger partial charge in [0.25, 0.3) is 0 Å². The van der Waals surface area contributed by atoms with Crippen LogP contribution in [0.15, 0.2) is 0 Å². The predicted octanol–water partition coefficient (Wildman–Crippen LogP) is 4.05. The summed E-state index contributed by atoms with van der Waals surface area (Å²) in [4.78, 5) is 0. The van der Waals surface area contributed by atoms with E-state index in [1.54, 1.807) is 0 Å². The molecule has 6 heteroatoms. The molecule has 0 rings (SSSR count). The molecule has 0 saturated heterocycles. The molecule has 1 N–H and O–H groups in total. The Hall–Kier alpha value is -0.170. The van der Waals surface area contributed by atoms with Crippen molar-refractivity contribution in [3.05, 3.63) is 0 Å². The van der Waals surface area contributed by atoms with E-state index in [2.05, 4.69) is 32.2 Å². The third kappa shape index (κ3) is 28.1. The van der Waals surface area contributed by atoms with Crippen molar-refractivity contribution in [3.8, 4) is 0 Å². The third-order valence-corrected chi connectivity index (χ3v) is 3.81. The lowest BCUT2D eigenvalue weighted by atomic mass is 10.1. The summed E-state index contributed by atoms with van der Waals surface area (Å²) in [5.41, 5.74) is 0. The second-order valence-corrected chi connectivity index (χ2v) is 7.98. The topological polar surface area (TPSA) is 63.6 Å². The maximum absolute atomic E-state index is 9.33. The van der Waals surface area contributed by atoms with Crippen molar-refractivity contribution >= 4 is 10.4 Å². The van der Waals surface area contributed by atoms with E-state index in [0.29, 0.717) is 0 Å². The molecule has 0 saturated carbocycles. The summed E-state index contributed by atoms with van der Waals surface area (Å²) in [7, 11) is 3.56. The average Bonchev–Trinajstić information content (AvgIpc) is 2.39. The second-order valence-electron chi connectivity index (χ2n) is 6.79. The van der Waals surface area contributed by atoms with Gasteiger partial charge in [-0.15, -0.1) is 0 Å². The fraction of sp³-hybridized carbons (Fsp3) is 1.00. The van der Waals surface area contributed by atoms with Crippen LogP contribution in [0.2, 0.25) is 0 Å². The van der Waals surface area contributed by atoms with Crippen molar-refractivity contribution in [2.45, 2.75) is 71.1 Å². The Morgan fingerprint density at radius 1 is 0.818 bits per heavy atom. The number of nitrogens with zero attached hydrogens (tertiary/aromatic N) is 1. The van der Waals surface area contributed by atoms with Gasteiger partial charge in [-0.1, -0.05) is 58.3 Å². The molecule has 0 aromatic carbocycles. The molecule has 136 valence electrons. The van der Waals surface area contributed by atoms with Crippen LogP contribution in [0.5, 0.6) is 0 Å². The minimum Gasteiger partial charge on any atom is -0.331 e. The van der Waals surface area contributed by atoms with Crippen molar-refractivity contribution in [2.24, 2.45) is 0 Å². The van der Waals surface area contributed by atoms with Crippen LogP contribution in [0.25, 0.3) is 0 Å². The zero-order chi connectivity index (χ0) is 17.5. The molecule has 0 amide bonds. The molecule has 0 bridgehead atoms. The van der Waals surface area contributed by atoms with Crippen LogP contribution in [0.3, 0.4) is 0 Å². The van der Waals surface area contributed by atoms with Crippen LogP contribution in [-0.2, 0) is 14.6 Å². The number of hydrogen-bond donors (Lipinski definition) is 1. The molecule has 0 aliphatic heterocycles. The van der Waals surface area contributed by atoms with Crippen LogP contribution in [0, 0.1) is 0 Å². The summed E-state index contributed by atoms with van der Waals surface area (Å²) >= 11 is 0. The molecule has 22 heavy (non-hydrogen) atoms. The largest absolute Gasteiger partial charge is 0.397 e. The maximum atomic E-state index is 9.33. The van der Waals surface area contributed by atoms with Gasteiger partial charge in [0.2, 0.25) is 0 Å². The first-order valence-corrected chi connectivity index (χ1v) is 9.82. The first-order chi connectivity index (χ1) is 10.1. The molecular weight excluding hydrogens is 302 g/mol. The van der Waals surface area contributed by atoms with Crippen molar-refractivity contribution in [2.75, 3.05) is 34.8 Å². The van der Waals surface area contributed by atoms with E-state index in [9.17, 15) is 8.42 Å². The summed E-state index contributed by atoms with van der Waals surface area (Å²) in [6.07, 6.45) is 14.4. The van der Waals surface area contributed by atoms with Crippen molar-refractivity contribution in [1.82, 2.24) is 0 Å². The fourth-order valence-corrected chi connectivity index (χ4v) is 2.07. The van der Waals surface area contributed by atoms with Crippen molar-refractivity contribution in [1.29, 1.82) is 0 Å². The number of quaternary nitrogens is 1. The van der Waals surface area contributed by atoms with Crippen LogP contribution >= 0.6 is 0 Å². The van der Waals surface area contributed by atoms with E-state index >= 15 is 0 Å². The molecule has 0 spiro atoms. The Morgan fingerprint density at radius 3 is 1.41 bits per heavy atom. The monoisotopic (exact) mass is 340 g/mol. The smallest absolute Gasteiger partial charge is 0.331 e. The lowest BCUT2D eigenvalue weighted by molar-refractivity contribution is -0.870. The third-order valence-electron chi connectivity index (χ3n) is 3.39. The summed E-state index contributed by atoms with van der Waals surface area (Å²) < 4.78 is 30.8. The highest BCUT2D eigenvalue weighted by molar-refractivity contribution is 7.80. The molecule has 0 aliphatic carbocycles. The predicted molar refractivity (Wildman–Crippen MR) is 93.3 cm³/mol. The standard InChI is InChI=1S/C15H34N.CH4O4S/c1-5-6-7-8-9-10-11-12-13-14-15-16(2,3)4;1-5-6(2,3)4/h5-15H2,1-4H3;1H3,(H,2,3,4)/q+1;. The van der Waals surface area contributed by atoms with E-state index in [1.165, 1.54) is 70.8 Å². The Kier molecular flexibility index (Phi) is 15.8. The van der Waals surface area contributed by atoms with E-state index in [1.807, 2.05) is 0 Å². The molecule has 0 radical (unpaired) electrons. The molecule has 0 aromatic rings. The van der Waals surface area contributed by atoms with Gasteiger partial charge in [0, 0.05) is 0 Å². The molecule has 0 aliphatic rings. The van der Waals surface area contributed by atoms with Gasteiger partial charge < -0.3 is 4.48 Å². The van der Waals surface area contributed by atoms with E-state index in [-0.39, 0.29) is 0 Å². The van der Waals surface area contributed by atoms with Gasteiger partial charge in [-0.05, 0) is 12.8 Å². The normalized spacial score (nSPS) is 11.9. The van der Waals surface area contributed by atoms with Crippen LogP contribution < -0.4 is 0 Å². The summed E-state index contributed by atoms with van der Waals surface area (Å²) in [5, 5.41) is 0. The maximum Gasteiger partial charge on any atom is 0.397 e. The molecule has 0 heterocycles. The highest BCUT2D eigenvalue weighted by Crippen LogP contribution is 2.10. The molecule has 0 fully saturated rings. The molecule has 0 aromatic heterocycles. The van der Waals surface area contributed by atoms with Gasteiger partial charge in [-0.3, -0.25) is 8.74 Å². The van der Waals surface area contributed by atoms with Gasteiger partial charge in [0.15, 0.2) is 0 Å². The number of unbranched alkanes of at least 4 members (excludes halogenated alkanes) is 9. The van der Waals surface area contributed by atoms with Crippen molar-refractivity contribution in [3.63, 3.8) is 0 Å². The molecule has 0 atom stereocenters. The first-order valence-electron chi connectivity index (χ1n) is 8.46. The Labute approximate surface area is 138 Å². The SMILES string of the molecule is CCCCCCCCCCCC[N+](C)(C)C.COS(=O)(=O)O. The molecule has 5 nitrogen and oxygen atoms in total. The average molecular weight is 341 g/mol. The minimum atomic E-state index is -4.16. The summed E-state index contributed by atoms with van der Waals surface area (Å²) in [6.45, 7) is 3.62. The van der Waals surface area contributed by atoms with Gasteiger partial charge >= 0.3 is 10.4 Å². The lowest BCUT2D eigenvalue weighted by Gasteiger charge is -2.23. The van der Waals surface area contributed by atoms with E-state index < -0.39 is 10.4 Å². The van der Waals surface area contributed by atoms with Crippen LogP contribution in [-0.4, -0.2) is 52.3 Å². The fourth-order valence-electron chi connectivity index (χ4n) is 2.07. The zero-order valence-electron chi connectivity index (χ0n) is 15.3. The highest BCUT2D eigenvalue weighted by Gasteiger charge is 2.04. The number of hydrogen-bond acceptors (Lipinski definition) is 3. The molecule has 0 unspecified atom stereocenters. The number of rotatable bonds is 12. The highest BCUT2D eigenvalue weighted by atomic mass is 32.3. The lowest BCUT2D eigenvalue weighted by Crippen LogP contribution is -2.35. The first kappa shape index (κ1) is 24.1. The van der Waals surface area contributed by atoms with Crippen molar-refractivity contribution < 1.29 is 21.6 Å². The minimum absolute atomic E-state index is 0.870. The van der Waals surface area contributed by atoms with Crippen LogP contribution in [0.4, 0.5) is 0 Å².